The van der Waals surface area contributed by atoms with Gasteiger partial charge in [0, 0.05) is 50.3 Å². The van der Waals surface area contributed by atoms with Gasteiger partial charge in [-0.2, -0.15) is 5.10 Å². The van der Waals surface area contributed by atoms with Crippen LogP contribution in [-0.2, 0) is 26.3 Å². The number of fused-ring (bicyclic) bond motifs is 3. The Hall–Kier alpha value is -4.99. The van der Waals surface area contributed by atoms with Crippen molar-refractivity contribution in [2.45, 2.75) is 19.3 Å². The van der Waals surface area contributed by atoms with Crippen LogP contribution < -0.4 is 15.8 Å². The molecule has 2 aromatic carbocycles. The maximum absolute atomic E-state index is 11.4. The second-order valence-electron chi connectivity index (χ2n) is 9.19. The number of aromatic carboxylic acids is 1. The summed E-state index contributed by atoms with van der Waals surface area (Å²) in [6.45, 7) is 0. The van der Waals surface area contributed by atoms with Crippen molar-refractivity contribution in [1.82, 2.24) is 19.7 Å². The average Bonchev–Trinajstić information content (AvgIpc) is 3.26. The van der Waals surface area contributed by atoms with Gasteiger partial charge in [0.2, 0.25) is 5.95 Å². The highest BCUT2D eigenvalue weighted by atomic mass is 16.5. The lowest BCUT2D eigenvalue weighted by molar-refractivity contribution is 0.0696. The van der Waals surface area contributed by atoms with Crippen LogP contribution in [-0.4, -0.2) is 51.2 Å². The number of aromatic nitrogens is 4. The van der Waals surface area contributed by atoms with Gasteiger partial charge < -0.3 is 20.9 Å². The summed E-state index contributed by atoms with van der Waals surface area (Å²) in [7, 11) is 5.17. The number of methoxy groups -OCH3 is 1. The number of rotatable bonds is 8. The number of nitrogens with two attached hydrogens (primary N) is 1. The lowest BCUT2D eigenvalue weighted by Crippen LogP contribution is -2.09. The molecule has 39 heavy (non-hydrogen) atoms. The third-order valence-corrected chi connectivity index (χ3v) is 6.75. The van der Waals surface area contributed by atoms with Gasteiger partial charge in [-0.25, -0.2) is 14.8 Å². The van der Waals surface area contributed by atoms with E-state index in [9.17, 15) is 9.90 Å². The Balaban J connectivity index is 1.50. The highest BCUT2D eigenvalue weighted by Gasteiger charge is 2.26. The molecular formula is C29H29N7O3. The van der Waals surface area contributed by atoms with Gasteiger partial charge in [-0.3, -0.25) is 9.67 Å². The van der Waals surface area contributed by atoms with E-state index in [2.05, 4.69) is 27.4 Å². The predicted octanol–water partition coefficient (Wildman–Crippen LogP) is 4.02. The number of anilines is 2. The number of hydrogen-bond acceptors (Lipinski definition) is 8. The zero-order chi connectivity index (χ0) is 27.5. The zero-order valence-electron chi connectivity index (χ0n) is 22.0. The number of carbonyl (C=O) groups is 1. The smallest absolute Gasteiger partial charge is 0.335 e. The number of ether oxygens (including phenoxy) is 1. The van der Waals surface area contributed by atoms with Gasteiger partial charge in [0.1, 0.15) is 5.75 Å². The second kappa shape index (κ2) is 10.8. The molecule has 5 rings (SSSR count). The van der Waals surface area contributed by atoms with E-state index in [1.54, 1.807) is 25.5 Å². The van der Waals surface area contributed by atoms with Crippen molar-refractivity contribution < 1.29 is 14.6 Å². The molecule has 0 atom stereocenters. The number of allylic oxidation sites excluding steroid dienone is 1. The Kier molecular flexibility index (Phi) is 7.09. The monoisotopic (exact) mass is 523 g/mol. The number of benzene rings is 2. The van der Waals surface area contributed by atoms with Crippen LogP contribution in [0.5, 0.6) is 5.75 Å². The zero-order valence-corrected chi connectivity index (χ0v) is 22.0. The molecule has 0 bridgehead atoms. The molecule has 1 aliphatic carbocycles. The normalized spacial score (nSPS) is 12.7. The van der Waals surface area contributed by atoms with Crippen LogP contribution in [0.3, 0.4) is 0 Å². The molecule has 4 N–H and O–H groups in total. The third kappa shape index (κ3) is 5.08. The first-order valence-corrected chi connectivity index (χ1v) is 12.4. The SMILES string of the molecule is CN=C/C(=C\N)c1cccc(Cc2c3c(nn2C)CCc2cnc(Nc4ccc(C(=O)O)cc4OC)nc2-3)c1. The van der Waals surface area contributed by atoms with E-state index < -0.39 is 5.97 Å². The van der Waals surface area contributed by atoms with Crippen molar-refractivity contribution in [3.05, 3.63) is 88.5 Å². The Morgan fingerprint density at radius 1 is 1.23 bits per heavy atom. The van der Waals surface area contributed by atoms with Crippen molar-refractivity contribution in [2.75, 3.05) is 19.5 Å². The average molecular weight is 524 g/mol. The standard InChI is InChI=1S/C29H29N7O3/c1-31-15-21(14-30)18-6-4-5-17(11-18)12-24-26-23(35-36(24)2)10-8-20-16-32-29(34-27(20)26)33-22-9-7-19(28(37)38)13-25(22)39-3/h4-7,9,11,13-16H,8,10,12,30H2,1-3H3,(H,37,38)(H,32,33,34)/b21-14+,31-15?. The summed E-state index contributed by atoms with van der Waals surface area (Å²) in [4.78, 5) is 24.9. The van der Waals surface area contributed by atoms with Crippen LogP contribution in [0.15, 0.2) is 59.9 Å². The van der Waals surface area contributed by atoms with E-state index in [0.29, 0.717) is 23.8 Å². The number of aryl methyl sites for hydroxylation is 3. The lowest BCUT2D eigenvalue weighted by atomic mass is 9.91. The van der Waals surface area contributed by atoms with E-state index in [4.69, 9.17) is 20.6 Å². The molecule has 0 amide bonds. The molecule has 198 valence electrons. The van der Waals surface area contributed by atoms with E-state index in [-0.39, 0.29) is 5.56 Å². The number of carboxylic acids is 1. The summed E-state index contributed by atoms with van der Waals surface area (Å²) in [6.07, 6.45) is 7.41. The summed E-state index contributed by atoms with van der Waals surface area (Å²) in [5.41, 5.74) is 14.5. The number of nitrogens with one attached hydrogen (secondary N) is 1. The molecule has 10 heteroatoms. The molecule has 4 aromatic rings. The second-order valence-corrected chi connectivity index (χ2v) is 9.19. The first kappa shape index (κ1) is 25.7. The minimum atomic E-state index is -1.03. The van der Waals surface area contributed by atoms with Crippen LogP contribution in [0, 0.1) is 0 Å². The summed E-state index contributed by atoms with van der Waals surface area (Å²) >= 11 is 0. The summed E-state index contributed by atoms with van der Waals surface area (Å²) < 4.78 is 7.33. The minimum absolute atomic E-state index is 0.133. The summed E-state index contributed by atoms with van der Waals surface area (Å²) in [5, 5.41) is 17.3. The Labute approximate surface area is 225 Å². The largest absolute Gasteiger partial charge is 0.495 e. The van der Waals surface area contributed by atoms with Gasteiger partial charge in [-0.1, -0.05) is 24.3 Å². The highest BCUT2D eigenvalue weighted by molar-refractivity contribution is 6.09. The van der Waals surface area contributed by atoms with Gasteiger partial charge in [0.05, 0.1) is 35.4 Å². The first-order valence-electron chi connectivity index (χ1n) is 12.4. The maximum atomic E-state index is 11.4. The lowest BCUT2D eigenvalue weighted by Gasteiger charge is -2.18. The fraction of sp³-hybridized carbons (Fsp3) is 0.207. The van der Waals surface area contributed by atoms with E-state index in [1.165, 1.54) is 19.2 Å². The van der Waals surface area contributed by atoms with Crippen molar-refractivity contribution in [2.24, 2.45) is 17.8 Å². The molecule has 10 nitrogen and oxygen atoms in total. The Morgan fingerprint density at radius 2 is 2.08 bits per heavy atom. The number of hydrogen-bond donors (Lipinski definition) is 3. The molecule has 0 radical (unpaired) electrons. The van der Waals surface area contributed by atoms with E-state index in [0.717, 1.165) is 57.8 Å². The van der Waals surface area contributed by atoms with Crippen molar-refractivity contribution in [1.29, 1.82) is 0 Å². The van der Waals surface area contributed by atoms with Gasteiger partial charge in [-0.15, -0.1) is 0 Å². The fourth-order valence-electron chi connectivity index (χ4n) is 4.85. The molecule has 0 saturated heterocycles. The Bertz CT molecular complexity index is 1620. The van der Waals surface area contributed by atoms with Gasteiger partial charge in [0.25, 0.3) is 0 Å². The Morgan fingerprint density at radius 3 is 2.82 bits per heavy atom. The van der Waals surface area contributed by atoms with Gasteiger partial charge in [-0.05, 0) is 47.7 Å². The van der Waals surface area contributed by atoms with Crippen molar-refractivity contribution >= 4 is 29.4 Å². The van der Waals surface area contributed by atoms with Gasteiger partial charge >= 0.3 is 5.97 Å². The van der Waals surface area contributed by atoms with Crippen molar-refractivity contribution in [3.63, 3.8) is 0 Å². The molecular weight excluding hydrogens is 494 g/mol. The minimum Gasteiger partial charge on any atom is -0.495 e. The molecule has 0 fully saturated rings. The molecule has 1 aliphatic rings. The highest BCUT2D eigenvalue weighted by Crippen LogP contribution is 2.36. The quantitative estimate of drug-likeness (QED) is 0.294. The first-order chi connectivity index (χ1) is 18.9. The third-order valence-electron chi connectivity index (χ3n) is 6.75. The molecule has 0 aliphatic heterocycles. The number of nitrogens with zero attached hydrogens (tertiary/aromatic N) is 5. The van der Waals surface area contributed by atoms with Gasteiger partial charge in [0.15, 0.2) is 0 Å². The summed E-state index contributed by atoms with van der Waals surface area (Å²) in [5.74, 6) is -0.255. The van der Waals surface area contributed by atoms with Crippen LogP contribution in [0.4, 0.5) is 11.6 Å². The topological polar surface area (TPSA) is 141 Å². The summed E-state index contributed by atoms with van der Waals surface area (Å²) in [6, 6.07) is 12.8. The van der Waals surface area contributed by atoms with Crippen LogP contribution >= 0.6 is 0 Å². The van der Waals surface area contributed by atoms with Crippen LogP contribution in [0.25, 0.3) is 16.8 Å². The molecule has 0 spiro atoms. The maximum Gasteiger partial charge on any atom is 0.335 e. The van der Waals surface area contributed by atoms with E-state index in [1.807, 2.05) is 30.1 Å². The molecule has 0 saturated carbocycles. The van der Waals surface area contributed by atoms with E-state index >= 15 is 0 Å². The van der Waals surface area contributed by atoms with Crippen LogP contribution in [0.1, 0.15) is 38.4 Å². The number of aliphatic imine (C=N–C) groups is 1. The molecule has 2 aromatic heterocycles. The van der Waals surface area contributed by atoms with Crippen LogP contribution in [0.2, 0.25) is 0 Å². The van der Waals surface area contributed by atoms with Crippen molar-refractivity contribution in [3.8, 4) is 17.0 Å². The fourth-order valence-corrected chi connectivity index (χ4v) is 4.85. The molecule has 0 unspecified atom stereocenters. The predicted molar refractivity (Wildman–Crippen MR) is 151 cm³/mol. The molecule has 2 heterocycles. The number of carboxylic acid groups (broad SMARTS) is 1.